The van der Waals surface area contributed by atoms with Crippen LogP contribution in [0.25, 0.3) is 11.0 Å². The normalized spacial score (nSPS) is 23.0. The van der Waals surface area contributed by atoms with Gasteiger partial charge < -0.3 is 24.6 Å². The monoisotopic (exact) mass is 305 g/mol. The van der Waals surface area contributed by atoms with E-state index in [9.17, 15) is 20.1 Å². The molecule has 2 atom stereocenters. The number of fused-ring (bicyclic) bond motifs is 1. The Bertz CT molecular complexity index is 782. The zero-order valence-corrected chi connectivity index (χ0v) is 12.5. The van der Waals surface area contributed by atoms with Crippen molar-refractivity contribution in [3.05, 3.63) is 33.7 Å². The quantitative estimate of drug-likeness (QED) is 0.735. The van der Waals surface area contributed by atoms with Gasteiger partial charge in [-0.3, -0.25) is 4.79 Å². The molecule has 1 aromatic carbocycles. The standard InChI is InChI=1S/C16H19NO5/c1-8-5-10(18)15-12(20)6-11(19)14(16(15)22-8)9-3-4-17(2)7-13(9)21/h5-6,9,13,19-21H,3-4,7H2,1-2H3/t9?,13-/m1/s1. The average molecular weight is 305 g/mol. The van der Waals surface area contributed by atoms with Gasteiger partial charge >= 0.3 is 0 Å². The minimum absolute atomic E-state index is 0.0459. The second kappa shape index (κ2) is 5.30. The van der Waals surface area contributed by atoms with E-state index in [1.54, 1.807) is 6.92 Å². The number of hydrogen-bond donors (Lipinski definition) is 3. The van der Waals surface area contributed by atoms with Gasteiger partial charge in [0.25, 0.3) is 0 Å². The second-order valence-electron chi connectivity index (χ2n) is 5.98. The SMILES string of the molecule is Cc1cc(=O)c2c(O)cc(O)c(C3CCN(C)C[C@H]3O)c2o1. The molecule has 6 heteroatoms. The molecule has 3 rings (SSSR count). The zero-order chi connectivity index (χ0) is 16.0. The van der Waals surface area contributed by atoms with Gasteiger partial charge in [-0.2, -0.15) is 0 Å². The summed E-state index contributed by atoms with van der Waals surface area (Å²) >= 11 is 0. The number of aliphatic hydroxyl groups is 1. The van der Waals surface area contributed by atoms with E-state index in [0.717, 1.165) is 12.6 Å². The molecule has 0 saturated carbocycles. The third kappa shape index (κ3) is 2.34. The van der Waals surface area contributed by atoms with Crippen molar-refractivity contribution in [3.63, 3.8) is 0 Å². The van der Waals surface area contributed by atoms with Crippen LogP contribution < -0.4 is 5.43 Å². The van der Waals surface area contributed by atoms with Crippen LogP contribution in [0.15, 0.2) is 21.3 Å². The van der Waals surface area contributed by atoms with Crippen LogP contribution in [0.2, 0.25) is 0 Å². The summed E-state index contributed by atoms with van der Waals surface area (Å²) in [4.78, 5) is 14.1. The maximum Gasteiger partial charge on any atom is 0.196 e. The Hall–Kier alpha value is -2.05. The van der Waals surface area contributed by atoms with Crippen LogP contribution in [-0.4, -0.2) is 46.5 Å². The molecule has 1 unspecified atom stereocenters. The lowest BCUT2D eigenvalue weighted by molar-refractivity contribution is 0.0630. The van der Waals surface area contributed by atoms with Gasteiger partial charge in [-0.15, -0.1) is 0 Å². The largest absolute Gasteiger partial charge is 0.507 e. The molecular weight excluding hydrogens is 286 g/mol. The molecular formula is C16H19NO5. The van der Waals surface area contributed by atoms with Crippen molar-refractivity contribution in [2.75, 3.05) is 20.1 Å². The third-order valence-corrected chi connectivity index (χ3v) is 4.28. The second-order valence-corrected chi connectivity index (χ2v) is 5.98. The van der Waals surface area contributed by atoms with Crippen LogP contribution >= 0.6 is 0 Å². The molecule has 118 valence electrons. The summed E-state index contributed by atoms with van der Waals surface area (Å²) in [5.41, 5.74) is 0.199. The molecule has 1 aliphatic heterocycles. The fourth-order valence-electron chi connectivity index (χ4n) is 3.22. The van der Waals surface area contributed by atoms with Crippen molar-refractivity contribution in [2.24, 2.45) is 0 Å². The lowest BCUT2D eigenvalue weighted by Gasteiger charge is -2.34. The van der Waals surface area contributed by atoms with E-state index >= 15 is 0 Å². The highest BCUT2D eigenvalue weighted by atomic mass is 16.3. The summed E-state index contributed by atoms with van der Waals surface area (Å²) in [6, 6.07) is 2.45. The predicted octanol–water partition coefficient (Wildman–Crippen LogP) is 1.29. The Balaban J connectivity index is 2.27. The molecule has 1 aliphatic rings. The van der Waals surface area contributed by atoms with Gasteiger partial charge in [0.1, 0.15) is 28.2 Å². The van der Waals surface area contributed by atoms with E-state index in [1.807, 2.05) is 11.9 Å². The average Bonchev–Trinajstić information content (AvgIpc) is 2.39. The van der Waals surface area contributed by atoms with Crippen LogP contribution in [0.3, 0.4) is 0 Å². The number of aryl methyl sites for hydroxylation is 1. The third-order valence-electron chi connectivity index (χ3n) is 4.28. The van der Waals surface area contributed by atoms with E-state index in [4.69, 9.17) is 4.42 Å². The Morgan fingerprint density at radius 2 is 2.00 bits per heavy atom. The number of hydrogen-bond acceptors (Lipinski definition) is 6. The van der Waals surface area contributed by atoms with Crippen LogP contribution in [0.1, 0.15) is 23.7 Å². The van der Waals surface area contributed by atoms with Crippen molar-refractivity contribution in [2.45, 2.75) is 25.4 Å². The molecule has 2 aromatic rings. The molecule has 1 fully saturated rings. The first-order valence-electron chi connectivity index (χ1n) is 7.24. The lowest BCUT2D eigenvalue weighted by Crippen LogP contribution is -2.40. The number of phenolic OH excluding ortho intramolecular Hbond substituents is 2. The fourth-order valence-corrected chi connectivity index (χ4v) is 3.22. The van der Waals surface area contributed by atoms with Gasteiger partial charge in [0, 0.05) is 30.2 Å². The number of benzene rings is 1. The molecule has 1 aromatic heterocycles. The summed E-state index contributed by atoms with van der Waals surface area (Å²) in [6.45, 7) is 2.87. The number of piperidine rings is 1. The Morgan fingerprint density at radius 1 is 1.27 bits per heavy atom. The van der Waals surface area contributed by atoms with Crippen molar-refractivity contribution in [1.29, 1.82) is 0 Å². The number of nitrogens with zero attached hydrogens (tertiary/aromatic N) is 1. The molecule has 22 heavy (non-hydrogen) atoms. The summed E-state index contributed by atoms with van der Waals surface area (Å²) < 4.78 is 5.62. The molecule has 2 heterocycles. The first kappa shape index (κ1) is 14.9. The number of aromatic hydroxyl groups is 2. The molecule has 6 nitrogen and oxygen atoms in total. The molecule has 0 aliphatic carbocycles. The Morgan fingerprint density at radius 3 is 2.68 bits per heavy atom. The molecule has 0 radical (unpaired) electrons. The molecule has 0 spiro atoms. The summed E-state index contributed by atoms with van der Waals surface area (Å²) in [5.74, 6) is -0.421. The van der Waals surface area contributed by atoms with Crippen molar-refractivity contribution >= 4 is 11.0 Å². The number of likely N-dealkylation sites (tertiary alicyclic amines) is 1. The molecule has 0 amide bonds. The Labute approximate surface area is 127 Å². The number of rotatable bonds is 1. The topological polar surface area (TPSA) is 94.1 Å². The number of aliphatic hydroxyl groups excluding tert-OH is 1. The van der Waals surface area contributed by atoms with Crippen LogP contribution in [0.4, 0.5) is 0 Å². The Kier molecular flexibility index (Phi) is 3.58. The molecule has 1 saturated heterocycles. The fraction of sp³-hybridized carbons (Fsp3) is 0.438. The zero-order valence-electron chi connectivity index (χ0n) is 12.5. The first-order chi connectivity index (χ1) is 10.4. The van der Waals surface area contributed by atoms with Gasteiger partial charge in [0.05, 0.1) is 6.10 Å². The minimum Gasteiger partial charge on any atom is -0.507 e. The van der Waals surface area contributed by atoms with E-state index in [0.29, 0.717) is 24.3 Å². The van der Waals surface area contributed by atoms with E-state index in [1.165, 1.54) is 6.07 Å². The minimum atomic E-state index is -0.678. The predicted molar refractivity (Wildman–Crippen MR) is 81.4 cm³/mol. The number of phenols is 2. The lowest BCUT2D eigenvalue weighted by atomic mass is 9.85. The van der Waals surface area contributed by atoms with Gasteiger partial charge in [-0.25, -0.2) is 0 Å². The van der Waals surface area contributed by atoms with Crippen LogP contribution in [0, 0.1) is 6.92 Å². The maximum absolute atomic E-state index is 12.1. The van der Waals surface area contributed by atoms with Gasteiger partial charge in [0.15, 0.2) is 5.43 Å². The van der Waals surface area contributed by atoms with E-state index < -0.39 is 6.10 Å². The smallest absolute Gasteiger partial charge is 0.196 e. The van der Waals surface area contributed by atoms with Crippen molar-refractivity contribution in [1.82, 2.24) is 4.90 Å². The first-order valence-corrected chi connectivity index (χ1v) is 7.24. The summed E-state index contributed by atoms with van der Waals surface area (Å²) in [5, 5.41) is 30.6. The highest BCUT2D eigenvalue weighted by Gasteiger charge is 2.32. The van der Waals surface area contributed by atoms with Crippen molar-refractivity contribution < 1.29 is 19.7 Å². The van der Waals surface area contributed by atoms with Crippen LogP contribution in [0.5, 0.6) is 11.5 Å². The number of likely N-dealkylation sites (N-methyl/N-ethyl adjacent to an activating group) is 1. The summed E-state index contributed by atoms with van der Waals surface area (Å²) in [6.07, 6.45) is -0.0499. The van der Waals surface area contributed by atoms with E-state index in [2.05, 4.69) is 0 Å². The highest BCUT2D eigenvalue weighted by molar-refractivity contribution is 5.88. The molecule has 0 bridgehead atoms. The maximum atomic E-state index is 12.1. The van der Waals surface area contributed by atoms with Crippen LogP contribution in [-0.2, 0) is 0 Å². The van der Waals surface area contributed by atoms with Crippen molar-refractivity contribution in [3.8, 4) is 11.5 Å². The van der Waals surface area contributed by atoms with E-state index in [-0.39, 0.29) is 33.8 Å². The van der Waals surface area contributed by atoms with Gasteiger partial charge in [-0.1, -0.05) is 0 Å². The summed E-state index contributed by atoms with van der Waals surface area (Å²) in [7, 11) is 1.92. The number of β-amino-alcohol motifs (C(OH)–C–C–N with tert-alkyl or cyclic N) is 1. The van der Waals surface area contributed by atoms with Gasteiger partial charge in [-0.05, 0) is 26.9 Å². The molecule has 3 N–H and O–H groups in total. The highest BCUT2D eigenvalue weighted by Crippen LogP contribution is 2.41. The van der Waals surface area contributed by atoms with Gasteiger partial charge in [0.2, 0.25) is 0 Å².